The molecule has 716 valence electrons. The van der Waals surface area contributed by atoms with Gasteiger partial charge in [0.25, 0.3) is 16.7 Å². The molecule has 12 aromatic heterocycles. The zero-order valence-electron chi connectivity index (χ0n) is 67.6. The number of hydrogen-bond donors (Lipinski definition) is 15. The van der Waals surface area contributed by atoms with Gasteiger partial charge in [0.05, 0.1) is 120 Å². The molecule has 0 aromatic carbocycles. The number of nitrogens with two attached hydrogens (primary N) is 6. The van der Waals surface area contributed by atoms with Crippen LogP contribution in [-0.2, 0) is 156 Å². The first kappa shape index (κ1) is 92.7. The summed E-state index contributed by atoms with van der Waals surface area (Å²) >= 11 is 30.9. The molecule has 0 spiro atoms. The first-order valence-corrected chi connectivity index (χ1v) is 55.4. The third-order valence-corrected chi connectivity index (χ3v) is 32.6. The van der Waals surface area contributed by atoms with Crippen molar-refractivity contribution in [2.45, 2.75) is 147 Å². The van der Waals surface area contributed by atoms with E-state index in [1.54, 1.807) is 21.3 Å². The van der Waals surface area contributed by atoms with Crippen molar-refractivity contribution in [1.82, 2.24) is 108 Å². The Labute approximate surface area is 776 Å². The average Bonchev–Trinajstić information content (AvgIpc) is 1.56. The van der Waals surface area contributed by atoms with Gasteiger partial charge in [-0.1, -0.05) is 17.5 Å². The third kappa shape index (κ3) is 17.4. The number of alkyl halides is 1. The van der Waals surface area contributed by atoms with Crippen molar-refractivity contribution >= 4 is 214 Å². The lowest BCUT2D eigenvalue weighted by atomic mass is 10.0. The molecular weight excluding hydrogens is 2020 g/mol. The van der Waals surface area contributed by atoms with Gasteiger partial charge in [-0.25, -0.2) is 48.8 Å². The molecule has 27 atom stereocenters. The van der Waals surface area contributed by atoms with E-state index in [0.717, 1.165) is 4.68 Å². The van der Waals surface area contributed by atoms with E-state index in [0.29, 0.717) is 33.7 Å². The topological polar surface area (TPSA) is 755 Å². The molecular formula is C64H73FN28O29P6S6. The maximum atomic E-state index is 16.0. The van der Waals surface area contributed by atoms with Crippen LogP contribution in [0.1, 0.15) is 56.6 Å². The number of hydrogen-bond acceptors (Lipinski definition) is 48. The summed E-state index contributed by atoms with van der Waals surface area (Å²) in [6, 6.07) is 4.75. The van der Waals surface area contributed by atoms with E-state index in [2.05, 4.69) is 92.3 Å². The van der Waals surface area contributed by atoms with Crippen LogP contribution in [-0.4, -0.2) is 276 Å². The second-order valence-corrected chi connectivity index (χ2v) is 48.7. The van der Waals surface area contributed by atoms with Crippen molar-refractivity contribution in [3.8, 4) is 0 Å². The molecule has 11 fully saturated rings. The van der Waals surface area contributed by atoms with Gasteiger partial charge in [0.15, 0.2) is 99.5 Å². The lowest BCUT2D eigenvalue weighted by Gasteiger charge is -2.33. The van der Waals surface area contributed by atoms with E-state index in [1.165, 1.54) is 70.0 Å². The van der Waals surface area contributed by atoms with Crippen molar-refractivity contribution in [2.75, 3.05) is 87.3 Å². The molecule has 7 unspecified atom stereocenters. The van der Waals surface area contributed by atoms with Crippen LogP contribution in [0.3, 0.4) is 0 Å². The first-order valence-electron chi connectivity index (χ1n) is 39.8. The molecule has 12 aromatic rings. The largest absolute Gasteiger partial charge is 0.397 e. The van der Waals surface area contributed by atoms with Gasteiger partial charge in [-0.05, 0) is 77.2 Å². The fourth-order valence-corrected chi connectivity index (χ4v) is 26.1. The molecule has 70 heteroatoms. The summed E-state index contributed by atoms with van der Waals surface area (Å²) in [5.41, 5.74) is 34.3. The number of fused-ring (bicyclic) bond motifs is 13. The molecule has 134 heavy (non-hydrogen) atoms. The number of thiol groups is 1. The first-order chi connectivity index (χ1) is 63.7. The maximum Gasteiger partial charge on any atom is 0.386 e. The number of halogens is 1. The van der Waals surface area contributed by atoms with E-state index in [1.807, 2.05) is 0 Å². The number of rotatable bonds is 6. The molecule has 11 saturated heterocycles. The number of imidazole rings is 5. The zero-order chi connectivity index (χ0) is 93.6. The van der Waals surface area contributed by atoms with Gasteiger partial charge < -0.3 is 128 Å². The minimum absolute atomic E-state index is 0.00245. The number of nitrogen functional groups attached to an aromatic ring is 6. The van der Waals surface area contributed by atoms with Crippen LogP contribution in [0.25, 0.3) is 67.0 Å². The molecule has 0 aliphatic carbocycles. The van der Waals surface area contributed by atoms with E-state index < -0.39 is 198 Å². The van der Waals surface area contributed by atoms with Crippen LogP contribution < -0.4 is 51.1 Å². The van der Waals surface area contributed by atoms with E-state index in [-0.39, 0.29) is 127 Å². The van der Waals surface area contributed by atoms with Gasteiger partial charge in [-0.3, -0.25) is 74.8 Å². The second kappa shape index (κ2) is 34.7. The number of nitrogens with one attached hydrogen (secondary N) is 3. The van der Waals surface area contributed by atoms with E-state index in [9.17, 15) is 43.4 Å². The molecule has 11 aliphatic rings. The highest BCUT2D eigenvalue weighted by molar-refractivity contribution is 8.44. The Morgan fingerprint density at radius 1 is 0.410 bits per heavy atom. The summed E-state index contributed by atoms with van der Waals surface area (Å²) in [5, 5.41) is 7.88. The third-order valence-electron chi connectivity index (χ3n) is 23.2. The monoisotopic (exact) mass is 2090 g/mol. The predicted molar refractivity (Wildman–Crippen MR) is 475 cm³/mol. The zero-order valence-corrected chi connectivity index (χ0v) is 78.0. The molecule has 11 aliphatic heterocycles. The Morgan fingerprint density at radius 3 is 1.22 bits per heavy atom. The molecule has 0 radical (unpaired) electrons. The molecule has 57 nitrogen and oxygen atoms in total. The minimum Gasteiger partial charge on any atom is -0.397 e. The fourth-order valence-electron chi connectivity index (χ4n) is 17.3. The summed E-state index contributed by atoms with van der Waals surface area (Å²) in [5.74, 6) is -0.440. The van der Waals surface area contributed by atoms with Crippen molar-refractivity contribution < 1.29 is 126 Å². The lowest BCUT2D eigenvalue weighted by molar-refractivity contribution is -0.183. The highest BCUT2D eigenvalue weighted by Crippen LogP contribution is 2.64. The van der Waals surface area contributed by atoms with Gasteiger partial charge in [0.2, 0.25) is 17.8 Å². The molecule has 23 rings (SSSR count). The van der Waals surface area contributed by atoms with Crippen molar-refractivity contribution in [1.29, 1.82) is 0 Å². The quantitative estimate of drug-likeness (QED) is 0.0800. The summed E-state index contributed by atoms with van der Waals surface area (Å²) in [4.78, 5) is 146. The van der Waals surface area contributed by atoms with E-state index in [4.69, 9.17) is 186 Å². The van der Waals surface area contributed by atoms with Crippen molar-refractivity contribution in [2.24, 2.45) is 0 Å². The number of aromatic nitrogens is 22. The normalized spacial score (nSPS) is 37.9. The summed E-state index contributed by atoms with van der Waals surface area (Å²) in [6.07, 6.45) is -8.22. The van der Waals surface area contributed by atoms with Crippen molar-refractivity contribution in [3.05, 3.63) is 99.5 Å². The Bertz CT molecular complexity index is 6940. The highest BCUT2D eigenvalue weighted by Gasteiger charge is 2.68. The molecule has 10 bridgehead atoms. The number of ether oxygens (including phenoxy) is 8. The summed E-state index contributed by atoms with van der Waals surface area (Å²) < 4.78 is 157. The highest BCUT2D eigenvalue weighted by atomic mass is 32.7. The average molecular weight is 2100 g/mol. The number of pyridine rings is 3. The van der Waals surface area contributed by atoms with E-state index >= 15 is 4.39 Å². The second-order valence-electron chi connectivity index (χ2n) is 31.8. The van der Waals surface area contributed by atoms with Gasteiger partial charge in [0.1, 0.15) is 77.2 Å². The van der Waals surface area contributed by atoms with Crippen LogP contribution >= 0.6 is 52.6 Å². The predicted octanol–water partition coefficient (Wildman–Crippen LogP) is 0.586. The Hall–Kier alpha value is -7.60. The van der Waals surface area contributed by atoms with Crippen LogP contribution in [0.2, 0.25) is 0 Å². The Kier molecular flexibility index (Phi) is 24.0. The molecule has 23 heterocycles. The number of aromatic amines is 3. The van der Waals surface area contributed by atoms with Gasteiger partial charge >= 0.3 is 40.4 Å². The Morgan fingerprint density at radius 2 is 0.776 bits per heavy atom. The van der Waals surface area contributed by atoms with Crippen LogP contribution in [0.5, 0.6) is 0 Å². The number of nitrogens with zero attached hydrogens (tertiary/aromatic N) is 19. The van der Waals surface area contributed by atoms with Crippen LogP contribution in [0.15, 0.2) is 82.8 Å². The lowest BCUT2D eigenvalue weighted by Crippen LogP contribution is -2.45. The SMILES string of the molecule is Nc1nc2c(ncn2[C@@H]2O[C@@H]3COP(O)(=S)O[C@@H]4C(COP(O)(=S)O[C@@H]2C3)O[C@@H](n2nnc3c(N)ccnc32)[C@H]4F)c(=O)[nH]1.Nc1nc2c(ncn2[C@@H]2O[C@@H]3COP(O)(=S)O[C@H]4[C@H]5OC[C@]4(COP(=O)(S)O[C@@H]2C3)O[C@H]5n2cnc3c(N)ccnc32)c(=O)[nH]1.Nc1nc2c(ncn2[C@@H]2O[C@@H]3COP(O)(=S)O[C@H]4[C@H]5OC[C@]4(COP(O)(=S)O[C@@H]2C3)O[C@H]5n2cnc3c(N)ccnc32)c(=O)[nH]1. The molecule has 0 saturated carbocycles. The van der Waals surface area contributed by atoms with Gasteiger partial charge in [-0.2, -0.15) is 19.6 Å². The number of anilines is 6. The maximum absolute atomic E-state index is 16.0. The summed E-state index contributed by atoms with van der Waals surface area (Å²) in [6.45, 7) is -26.5. The standard InChI is InChI=1S/2C22H25N9O10P2S2.C20H23FN10O9P2S2/c2*23-10-1-2-25-16-12(10)26-7-30(16)20-14-15-22(39-20,5-35-14)6-37-43(34,45)40-11-3-9(4-36-42(33,44)41-15)38-19(11)31-8-27-13-17(31)28-21(24)29-18(13)32;21-11-14-10(38-19(11)31-15-12(28-29-31)8(22)1-2-24-15)5-36-41(33,43)39-9-3-7(4-35-42(34,44)40-14)37-18(9)30-6-25-13-16(30)26-20(23)27-17(13)32/h2*1-2,7-9,11,14-15,19-20H,3-6H2,(H2,23,25)(H,33,44)(H,34,45)(H3,24,28,29,32);1-2,6-7,9-11,14,18-19H,3-5H2,(H2,22,24)(H,33,43)(H,34,44)(H3,23,26,27,32)/t2*9-,11+,14+,15-,19+,20+,22+,42?,43?;7-,9+,10?,11-,14+,18+,19+,41?,42?/m000/s1. The number of H-pyrrole nitrogens is 3. The Balaban J connectivity index is 0.000000121. The van der Waals surface area contributed by atoms with Crippen LogP contribution in [0, 0.1) is 0 Å². The van der Waals surface area contributed by atoms with Crippen molar-refractivity contribution in [3.63, 3.8) is 0 Å². The van der Waals surface area contributed by atoms with Gasteiger partial charge in [0, 0.05) is 37.9 Å². The smallest absolute Gasteiger partial charge is 0.386 e. The minimum atomic E-state index is -4.15. The summed E-state index contributed by atoms with van der Waals surface area (Å²) in [7, 11) is 0. The fraction of sp³-hybridized carbons (Fsp3) is 0.500. The van der Waals surface area contributed by atoms with Crippen LogP contribution in [0.4, 0.5) is 39.3 Å². The van der Waals surface area contributed by atoms with Gasteiger partial charge in [-0.15, -0.1) is 5.10 Å². The molecule has 20 N–H and O–H groups in total. The molecule has 0 amide bonds.